The molecule has 1 N–H and O–H groups in total. The zero-order valence-electron chi connectivity index (χ0n) is 10.1. The third kappa shape index (κ3) is 2.74. The molecule has 0 saturated carbocycles. The molecule has 0 amide bonds. The van der Waals surface area contributed by atoms with Crippen molar-refractivity contribution < 1.29 is 27.8 Å². The molecule has 0 bridgehead atoms. The Hall–Kier alpha value is -2.09. The topological polar surface area (TPSA) is 59.4 Å². The first kappa shape index (κ1) is 14.3. The van der Waals surface area contributed by atoms with Gasteiger partial charge in [-0.05, 0) is 18.2 Å². The highest BCUT2D eigenvalue weighted by Gasteiger charge is 2.35. The molecule has 0 aliphatic carbocycles. The molecule has 0 spiro atoms. The summed E-state index contributed by atoms with van der Waals surface area (Å²) >= 11 is 0.398. The molecule has 0 aliphatic heterocycles. The maximum atomic E-state index is 12.5. The van der Waals surface area contributed by atoms with Crippen LogP contribution in [0.5, 0.6) is 5.75 Å². The number of hydrogen-bond donors (Lipinski definition) is 1. The number of aromatic carboxylic acids is 1. The number of carboxylic acid groups (broad SMARTS) is 1. The molecule has 2 rings (SSSR count). The molecule has 8 heteroatoms. The Morgan fingerprint density at radius 1 is 1.40 bits per heavy atom. The van der Waals surface area contributed by atoms with Crippen LogP contribution >= 0.6 is 11.3 Å². The minimum absolute atomic E-state index is 0.136. The molecule has 0 aliphatic rings. The number of hydrogen-bond acceptors (Lipinski definition) is 4. The highest BCUT2D eigenvalue weighted by Crippen LogP contribution is 2.38. The zero-order valence-corrected chi connectivity index (χ0v) is 10.9. The smallest absolute Gasteiger partial charge is 0.443 e. The molecule has 1 aromatic carbocycles. The van der Waals surface area contributed by atoms with Gasteiger partial charge in [0, 0.05) is 11.8 Å². The normalized spacial score (nSPS) is 11.4. The lowest BCUT2D eigenvalue weighted by Crippen LogP contribution is -2.02. The quantitative estimate of drug-likeness (QED) is 0.942. The van der Waals surface area contributed by atoms with Crippen LogP contribution in [-0.2, 0) is 6.18 Å². The largest absolute Gasteiger partial charge is 0.497 e. The summed E-state index contributed by atoms with van der Waals surface area (Å²) in [6.07, 6.45) is -3.53. The summed E-state index contributed by atoms with van der Waals surface area (Å²) in [4.78, 5) is 14.6. The van der Waals surface area contributed by atoms with Gasteiger partial charge in [0.1, 0.15) is 5.75 Å². The average molecular weight is 303 g/mol. The van der Waals surface area contributed by atoms with Crippen molar-refractivity contribution in [2.75, 3.05) is 7.11 Å². The van der Waals surface area contributed by atoms with Crippen molar-refractivity contribution in [1.82, 2.24) is 4.98 Å². The van der Waals surface area contributed by atoms with Crippen molar-refractivity contribution in [2.45, 2.75) is 6.18 Å². The number of carbonyl (C=O) groups is 1. The first-order chi connectivity index (χ1) is 9.32. The molecule has 1 aromatic heterocycles. The number of nitrogens with zero attached hydrogens (tertiary/aromatic N) is 1. The van der Waals surface area contributed by atoms with Crippen LogP contribution in [0.1, 0.15) is 15.4 Å². The standard InChI is InChI=1S/C12H8F3NO3S/c1-19-6-2-3-7(8(4-6)10(17)18)9-5-16-11(20-9)12(13,14)15/h2-5H,1H3,(H,17,18). The van der Waals surface area contributed by atoms with Crippen LogP contribution in [0.25, 0.3) is 10.4 Å². The number of ether oxygens (including phenoxy) is 1. The fourth-order valence-corrected chi connectivity index (χ4v) is 2.39. The Balaban J connectivity index is 2.52. The first-order valence-electron chi connectivity index (χ1n) is 5.27. The first-order valence-corrected chi connectivity index (χ1v) is 6.09. The minimum Gasteiger partial charge on any atom is -0.497 e. The van der Waals surface area contributed by atoms with Crippen molar-refractivity contribution in [1.29, 1.82) is 0 Å². The van der Waals surface area contributed by atoms with Crippen molar-refractivity contribution >= 4 is 17.3 Å². The van der Waals surface area contributed by atoms with E-state index < -0.39 is 17.2 Å². The maximum absolute atomic E-state index is 12.5. The zero-order chi connectivity index (χ0) is 14.9. The number of aromatic nitrogens is 1. The molecule has 0 atom stereocenters. The van der Waals surface area contributed by atoms with Crippen LogP contribution in [0, 0.1) is 0 Å². The lowest BCUT2D eigenvalue weighted by Gasteiger charge is -2.06. The monoisotopic (exact) mass is 303 g/mol. The van der Waals surface area contributed by atoms with E-state index in [1.807, 2.05) is 0 Å². The summed E-state index contributed by atoms with van der Waals surface area (Å²) in [6.45, 7) is 0. The van der Waals surface area contributed by atoms with Crippen molar-refractivity contribution in [2.24, 2.45) is 0 Å². The summed E-state index contributed by atoms with van der Waals surface area (Å²) in [5.74, 6) is -0.937. The van der Waals surface area contributed by atoms with E-state index in [2.05, 4.69) is 4.98 Å². The van der Waals surface area contributed by atoms with Crippen LogP contribution in [0.15, 0.2) is 24.4 Å². The Bertz CT molecular complexity index is 652. The van der Waals surface area contributed by atoms with E-state index in [4.69, 9.17) is 9.84 Å². The van der Waals surface area contributed by atoms with Crippen LogP contribution in [-0.4, -0.2) is 23.2 Å². The molecule has 106 valence electrons. The second kappa shape index (κ2) is 5.12. The average Bonchev–Trinajstić information content (AvgIpc) is 2.87. The fraction of sp³-hybridized carbons (Fsp3) is 0.167. The number of benzene rings is 1. The summed E-state index contributed by atoms with van der Waals surface area (Å²) in [5, 5.41) is 8.11. The molecule has 0 saturated heterocycles. The SMILES string of the molecule is COc1ccc(-c2cnc(C(F)(F)F)s2)c(C(=O)O)c1. The molecule has 20 heavy (non-hydrogen) atoms. The molecular formula is C12H8F3NO3S. The summed E-state index contributed by atoms with van der Waals surface area (Å²) < 4.78 is 42.4. The second-order valence-electron chi connectivity index (χ2n) is 3.74. The van der Waals surface area contributed by atoms with Crippen LogP contribution in [0.2, 0.25) is 0 Å². The summed E-state index contributed by atoms with van der Waals surface area (Å²) in [7, 11) is 1.37. The van der Waals surface area contributed by atoms with Gasteiger partial charge in [-0.15, -0.1) is 11.3 Å². The van der Waals surface area contributed by atoms with Gasteiger partial charge < -0.3 is 9.84 Å². The molecule has 0 radical (unpaired) electrons. The number of carboxylic acids is 1. The van der Waals surface area contributed by atoms with Crippen molar-refractivity contribution in [3.05, 3.63) is 35.0 Å². The van der Waals surface area contributed by atoms with E-state index in [9.17, 15) is 18.0 Å². The Kier molecular flexibility index (Phi) is 3.67. The van der Waals surface area contributed by atoms with Gasteiger partial charge >= 0.3 is 12.1 Å². The number of alkyl halides is 3. The van der Waals surface area contributed by atoms with E-state index >= 15 is 0 Å². The van der Waals surface area contributed by atoms with Crippen molar-refractivity contribution in [3.63, 3.8) is 0 Å². The third-order valence-electron chi connectivity index (χ3n) is 2.47. The maximum Gasteiger partial charge on any atom is 0.443 e. The van der Waals surface area contributed by atoms with E-state index in [1.165, 1.54) is 25.3 Å². The molecule has 0 unspecified atom stereocenters. The molecule has 4 nitrogen and oxygen atoms in total. The van der Waals surface area contributed by atoms with Gasteiger partial charge in [-0.25, -0.2) is 9.78 Å². The van der Waals surface area contributed by atoms with E-state index in [1.54, 1.807) is 0 Å². The Morgan fingerprint density at radius 2 is 2.10 bits per heavy atom. The minimum atomic E-state index is -4.54. The molecule has 0 fully saturated rings. The van der Waals surface area contributed by atoms with Gasteiger partial charge in [-0.1, -0.05) is 0 Å². The lowest BCUT2D eigenvalue weighted by molar-refractivity contribution is -0.137. The number of thiazole rings is 1. The van der Waals surface area contributed by atoms with Gasteiger partial charge in [-0.3, -0.25) is 0 Å². The van der Waals surface area contributed by atoms with Crippen LogP contribution in [0.3, 0.4) is 0 Å². The van der Waals surface area contributed by atoms with Gasteiger partial charge in [0.25, 0.3) is 0 Å². The number of methoxy groups -OCH3 is 1. The highest BCUT2D eigenvalue weighted by atomic mass is 32.1. The number of rotatable bonds is 3. The van der Waals surface area contributed by atoms with Crippen LogP contribution in [0.4, 0.5) is 13.2 Å². The Morgan fingerprint density at radius 3 is 2.60 bits per heavy atom. The summed E-state index contributed by atoms with van der Waals surface area (Å²) in [6, 6.07) is 4.13. The van der Waals surface area contributed by atoms with E-state index in [0.29, 0.717) is 17.1 Å². The highest BCUT2D eigenvalue weighted by molar-refractivity contribution is 7.15. The molecular weight excluding hydrogens is 295 g/mol. The molecule has 2 aromatic rings. The van der Waals surface area contributed by atoms with Gasteiger partial charge in [0.15, 0.2) is 5.01 Å². The van der Waals surface area contributed by atoms with Gasteiger partial charge in [0.2, 0.25) is 0 Å². The number of halogens is 3. The van der Waals surface area contributed by atoms with Crippen molar-refractivity contribution in [3.8, 4) is 16.2 Å². The predicted octanol–water partition coefficient (Wildman–Crippen LogP) is 3.54. The third-order valence-corrected chi connectivity index (χ3v) is 3.55. The van der Waals surface area contributed by atoms with Gasteiger partial charge in [-0.2, -0.15) is 13.2 Å². The van der Waals surface area contributed by atoms with E-state index in [-0.39, 0.29) is 16.0 Å². The second-order valence-corrected chi connectivity index (χ2v) is 4.77. The van der Waals surface area contributed by atoms with E-state index in [0.717, 1.165) is 6.20 Å². The Labute approximate surface area is 115 Å². The van der Waals surface area contributed by atoms with Crippen LogP contribution < -0.4 is 4.74 Å². The fourth-order valence-electron chi connectivity index (χ4n) is 1.57. The molecule has 1 heterocycles. The lowest BCUT2D eigenvalue weighted by atomic mass is 10.1. The predicted molar refractivity (Wildman–Crippen MR) is 66.1 cm³/mol. The summed E-state index contributed by atoms with van der Waals surface area (Å²) in [5.41, 5.74) is 0.0352. The van der Waals surface area contributed by atoms with Gasteiger partial charge in [0.05, 0.1) is 17.6 Å².